The van der Waals surface area contributed by atoms with Gasteiger partial charge in [0.15, 0.2) is 0 Å². The van der Waals surface area contributed by atoms with Gasteiger partial charge in [0.25, 0.3) is 11.8 Å². The lowest BCUT2D eigenvalue weighted by Gasteiger charge is -2.36. The Morgan fingerprint density at radius 3 is 2.14 bits per heavy atom. The molecule has 2 aliphatic heterocycles. The number of piperazine rings is 1. The quantitative estimate of drug-likeness (QED) is 0.741. The maximum Gasteiger partial charge on any atom is 0.283 e. The Labute approximate surface area is 167 Å². The Balaban J connectivity index is 1.45. The Kier molecular flexibility index (Phi) is 5.15. The lowest BCUT2D eigenvalue weighted by molar-refractivity contribution is -0.121. The zero-order valence-corrected chi connectivity index (χ0v) is 15.9. The second-order valence-electron chi connectivity index (χ2n) is 6.83. The SMILES string of the molecule is O=C1C(Cl)=C(N2CCN(Cc3ccccc3)CC2)C(=O)N1c1ccc(F)cc1. The summed E-state index contributed by atoms with van der Waals surface area (Å²) >= 11 is 6.24. The lowest BCUT2D eigenvalue weighted by atomic mass is 10.2. The number of hydrogen-bond donors (Lipinski definition) is 0. The normalized spacial score (nSPS) is 18.4. The summed E-state index contributed by atoms with van der Waals surface area (Å²) < 4.78 is 13.2. The van der Waals surface area contributed by atoms with Crippen molar-refractivity contribution in [2.45, 2.75) is 6.54 Å². The van der Waals surface area contributed by atoms with E-state index in [1.54, 1.807) is 0 Å². The first kappa shape index (κ1) is 18.7. The number of carbonyl (C=O) groups is 2. The summed E-state index contributed by atoms with van der Waals surface area (Å²) in [6, 6.07) is 15.4. The van der Waals surface area contributed by atoms with E-state index in [9.17, 15) is 14.0 Å². The molecule has 0 radical (unpaired) electrons. The van der Waals surface area contributed by atoms with Crippen LogP contribution in [0.25, 0.3) is 0 Å². The summed E-state index contributed by atoms with van der Waals surface area (Å²) in [5.41, 5.74) is 1.78. The van der Waals surface area contributed by atoms with Crippen LogP contribution in [0.15, 0.2) is 65.3 Å². The molecular weight excluding hydrogens is 381 g/mol. The lowest BCUT2D eigenvalue weighted by Crippen LogP contribution is -2.47. The molecule has 2 aromatic carbocycles. The van der Waals surface area contributed by atoms with Crippen LogP contribution in [0.4, 0.5) is 10.1 Å². The first-order valence-corrected chi connectivity index (χ1v) is 9.48. The molecule has 7 heteroatoms. The van der Waals surface area contributed by atoms with Crippen LogP contribution >= 0.6 is 11.6 Å². The van der Waals surface area contributed by atoms with Gasteiger partial charge in [-0.1, -0.05) is 41.9 Å². The number of anilines is 1. The molecule has 0 unspecified atom stereocenters. The second kappa shape index (κ2) is 7.73. The first-order chi connectivity index (χ1) is 13.5. The zero-order valence-electron chi connectivity index (χ0n) is 15.1. The molecule has 144 valence electrons. The van der Waals surface area contributed by atoms with Crippen LogP contribution in [-0.4, -0.2) is 47.8 Å². The molecule has 0 N–H and O–H groups in total. The van der Waals surface area contributed by atoms with Gasteiger partial charge in [-0.2, -0.15) is 0 Å². The Bertz CT molecular complexity index is 922. The minimum Gasteiger partial charge on any atom is -0.363 e. The summed E-state index contributed by atoms with van der Waals surface area (Å²) in [4.78, 5) is 30.6. The molecule has 1 saturated heterocycles. The van der Waals surface area contributed by atoms with E-state index in [1.807, 2.05) is 23.1 Å². The number of halogens is 2. The van der Waals surface area contributed by atoms with Crippen molar-refractivity contribution in [1.29, 1.82) is 0 Å². The molecule has 28 heavy (non-hydrogen) atoms. The monoisotopic (exact) mass is 399 g/mol. The number of imide groups is 1. The van der Waals surface area contributed by atoms with Gasteiger partial charge in [-0.3, -0.25) is 14.5 Å². The van der Waals surface area contributed by atoms with E-state index in [4.69, 9.17) is 11.6 Å². The third-order valence-electron chi connectivity index (χ3n) is 5.03. The maximum atomic E-state index is 13.2. The Hall–Kier alpha value is -2.70. The Morgan fingerprint density at radius 2 is 1.50 bits per heavy atom. The minimum absolute atomic E-state index is 0.0779. The molecule has 2 aromatic rings. The third kappa shape index (κ3) is 3.53. The highest BCUT2D eigenvalue weighted by molar-refractivity contribution is 6.52. The smallest absolute Gasteiger partial charge is 0.283 e. The second-order valence-corrected chi connectivity index (χ2v) is 7.21. The summed E-state index contributed by atoms with van der Waals surface area (Å²) in [5.74, 6) is -1.46. The molecular formula is C21H19ClFN3O2. The van der Waals surface area contributed by atoms with E-state index >= 15 is 0 Å². The van der Waals surface area contributed by atoms with E-state index in [-0.39, 0.29) is 10.7 Å². The molecule has 2 amide bonds. The van der Waals surface area contributed by atoms with Crippen LogP contribution in [0, 0.1) is 5.82 Å². The van der Waals surface area contributed by atoms with Crippen LogP contribution in [0.3, 0.4) is 0 Å². The topological polar surface area (TPSA) is 43.9 Å². The van der Waals surface area contributed by atoms with E-state index in [1.165, 1.54) is 29.8 Å². The number of hydrogen-bond acceptors (Lipinski definition) is 4. The third-order valence-corrected chi connectivity index (χ3v) is 5.37. The van der Waals surface area contributed by atoms with E-state index < -0.39 is 17.6 Å². The van der Waals surface area contributed by atoms with Crippen molar-refractivity contribution in [3.05, 3.63) is 76.7 Å². The summed E-state index contributed by atoms with van der Waals surface area (Å²) in [7, 11) is 0. The van der Waals surface area contributed by atoms with Crippen molar-refractivity contribution in [3.8, 4) is 0 Å². The molecule has 0 aliphatic carbocycles. The number of amides is 2. The maximum absolute atomic E-state index is 13.2. The molecule has 1 fully saturated rings. The molecule has 5 nitrogen and oxygen atoms in total. The summed E-state index contributed by atoms with van der Waals surface area (Å²) in [6.45, 7) is 3.58. The van der Waals surface area contributed by atoms with Crippen molar-refractivity contribution >= 4 is 29.1 Å². The fourth-order valence-electron chi connectivity index (χ4n) is 3.56. The fraction of sp³-hybridized carbons (Fsp3) is 0.238. The van der Waals surface area contributed by atoms with E-state index in [0.29, 0.717) is 18.8 Å². The average molecular weight is 400 g/mol. The van der Waals surface area contributed by atoms with Crippen LogP contribution in [0.2, 0.25) is 0 Å². The molecule has 0 bridgehead atoms. The van der Waals surface area contributed by atoms with Gasteiger partial charge >= 0.3 is 0 Å². The highest BCUT2D eigenvalue weighted by atomic mass is 35.5. The van der Waals surface area contributed by atoms with Gasteiger partial charge in [0, 0.05) is 32.7 Å². The van der Waals surface area contributed by atoms with Crippen molar-refractivity contribution in [3.63, 3.8) is 0 Å². The minimum atomic E-state index is -0.569. The molecule has 0 aromatic heterocycles. The molecule has 0 spiro atoms. The van der Waals surface area contributed by atoms with Crippen molar-refractivity contribution in [2.75, 3.05) is 31.1 Å². The summed E-state index contributed by atoms with van der Waals surface area (Å²) in [5, 5.41) is -0.0779. The van der Waals surface area contributed by atoms with Crippen molar-refractivity contribution in [1.82, 2.24) is 9.80 Å². The predicted molar refractivity (Wildman–Crippen MR) is 105 cm³/mol. The van der Waals surface area contributed by atoms with Gasteiger partial charge in [-0.05, 0) is 29.8 Å². The molecule has 0 saturated carbocycles. The number of carbonyl (C=O) groups excluding carboxylic acids is 2. The van der Waals surface area contributed by atoms with E-state index in [2.05, 4.69) is 17.0 Å². The number of nitrogens with zero attached hydrogens (tertiary/aromatic N) is 3. The standard InChI is InChI=1S/C21H19ClFN3O2/c22-18-19(21(28)26(20(18)27)17-8-6-16(23)7-9-17)25-12-10-24(11-13-25)14-15-4-2-1-3-5-15/h1-9H,10-14H2. The number of benzene rings is 2. The predicted octanol–water partition coefficient (Wildman–Crippen LogP) is 2.97. The van der Waals surface area contributed by atoms with E-state index in [0.717, 1.165) is 24.5 Å². The van der Waals surface area contributed by atoms with Gasteiger partial charge in [-0.15, -0.1) is 0 Å². The molecule has 0 atom stereocenters. The number of rotatable bonds is 4. The average Bonchev–Trinajstić information content (AvgIpc) is 2.93. The fourth-order valence-corrected chi connectivity index (χ4v) is 3.85. The van der Waals surface area contributed by atoms with Gasteiger partial charge in [0.1, 0.15) is 16.5 Å². The largest absolute Gasteiger partial charge is 0.363 e. The highest BCUT2D eigenvalue weighted by Crippen LogP contribution is 2.31. The van der Waals surface area contributed by atoms with Gasteiger partial charge in [0.2, 0.25) is 0 Å². The first-order valence-electron chi connectivity index (χ1n) is 9.10. The van der Waals surface area contributed by atoms with Gasteiger partial charge in [0.05, 0.1) is 5.69 Å². The summed E-state index contributed by atoms with van der Waals surface area (Å²) in [6.07, 6.45) is 0. The van der Waals surface area contributed by atoms with Crippen LogP contribution in [-0.2, 0) is 16.1 Å². The molecule has 2 heterocycles. The molecule has 2 aliphatic rings. The zero-order chi connectivity index (χ0) is 19.7. The van der Waals surface area contributed by atoms with Crippen LogP contribution in [0.1, 0.15) is 5.56 Å². The van der Waals surface area contributed by atoms with Crippen molar-refractivity contribution in [2.24, 2.45) is 0 Å². The van der Waals surface area contributed by atoms with Crippen LogP contribution in [0.5, 0.6) is 0 Å². The van der Waals surface area contributed by atoms with Crippen molar-refractivity contribution < 1.29 is 14.0 Å². The Morgan fingerprint density at radius 1 is 0.857 bits per heavy atom. The molecule has 4 rings (SSSR count). The van der Waals surface area contributed by atoms with Gasteiger partial charge < -0.3 is 4.90 Å². The van der Waals surface area contributed by atoms with Crippen LogP contribution < -0.4 is 4.90 Å². The van der Waals surface area contributed by atoms with Gasteiger partial charge in [-0.25, -0.2) is 9.29 Å². The highest BCUT2D eigenvalue weighted by Gasteiger charge is 2.41.